The van der Waals surface area contributed by atoms with Gasteiger partial charge in [0.1, 0.15) is 16.4 Å². The number of fused-ring (bicyclic) bond motifs is 1. The van der Waals surface area contributed by atoms with Gasteiger partial charge < -0.3 is 30.3 Å². The van der Waals surface area contributed by atoms with Gasteiger partial charge in [0.05, 0.1) is 31.6 Å². The molecule has 0 spiro atoms. The number of hydrogen-bond acceptors (Lipinski definition) is 9. The molecule has 0 atom stereocenters. The average Bonchev–Trinajstić information content (AvgIpc) is 3.48. The minimum atomic E-state index is -0.540. The molecule has 3 N–H and O–H groups in total. The number of nitrogens with one attached hydrogen (secondary N) is 3. The zero-order valence-corrected chi connectivity index (χ0v) is 29.4. The van der Waals surface area contributed by atoms with E-state index in [9.17, 15) is 24.0 Å². The largest absolute Gasteiger partial charge is 0.497 e. The van der Waals surface area contributed by atoms with E-state index < -0.39 is 17.8 Å². The summed E-state index contributed by atoms with van der Waals surface area (Å²) in [4.78, 5) is 67.7. The predicted octanol–water partition coefficient (Wildman–Crippen LogP) is 5.98. The molecule has 0 fully saturated rings. The third kappa shape index (κ3) is 9.18. The van der Waals surface area contributed by atoms with Crippen molar-refractivity contribution in [1.82, 2.24) is 10.2 Å². The van der Waals surface area contributed by atoms with Crippen molar-refractivity contribution in [3.63, 3.8) is 0 Å². The number of rotatable bonds is 12. The summed E-state index contributed by atoms with van der Waals surface area (Å²) in [5.41, 5.74) is 2.71. The van der Waals surface area contributed by atoms with E-state index in [2.05, 4.69) is 16.0 Å². The van der Waals surface area contributed by atoms with Gasteiger partial charge in [0, 0.05) is 34.5 Å². The van der Waals surface area contributed by atoms with Crippen LogP contribution in [-0.2, 0) is 32.1 Å². The average molecular weight is 713 g/mol. The molecule has 0 radical (unpaired) electrons. The van der Waals surface area contributed by atoms with Crippen LogP contribution in [-0.4, -0.2) is 60.5 Å². The number of amides is 4. The molecule has 11 nitrogen and oxygen atoms in total. The molecule has 50 heavy (non-hydrogen) atoms. The molecule has 1 aliphatic rings. The second-order valence-corrected chi connectivity index (χ2v) is 13.2. The van der Waals surface area contributed by atoms with Gasteiger partial charge >= 0.3 is 5.97 Å². The Hall–Kier alpha value is -5.40. The summed E-state index contributed by atoms with van der Waals surface area (Å²) in [5, 5.41) is 8.84. The molecule has 1 aromatic heterocycles. The third-order valence-electron chi connectivity index (χ3n) is 7.65. The Morgan fingerprint density at radius 1 is 0.960 bits per heavy atom. The lowest BCUT2D eigenvalue weighted by Gasteiger charge is -2.25. The van der Waals surface area contributed by atoms with Gasteiger partial charge in [0.25, 0.3) is 11.8 Å². The monoisotopic (exact) mass is 712 g/mol. The number of carbonyl (C=O) groups is 5. The number of thioether (sulfide) groups is 1. The fraction of sp³-hybridized carbons (Fsp3) is 0.216. The fourth-order valence-electron chi connectivity index (χ4n) is 5.16. The van der Waals surface area contributed by atoms with E-state index in [1.165, 1.54) is 30.0 Å². The number of thiophene rings is 1. The Labute approximate surface area is 298 Å². The summed E-state index contributed by atoms with van der Waals surface area (Å²) in [6.07, 6.45) is 2.07. The van der Waals surface area contributed by atoms with Gasteiger partial charge in [0.15, 0.2) is 0 Å². The normalized spacial score (nSPS) is 12.4. The number of ether oxygens (including phenoxy) is 2. The fourth-order valence-corrected chi connectivity index (χ4v) is 7.19. The molecular weight excluding hydrogens is 677 g/mol. The molecule has 258 valence electrons. The Morgan fingerprint density at radius 2 is 1.72 bits per heavy atom. The van der Waals surface area contributed by atoms with Crippen molar-refractivity contribution in [1.29, 1.82) is 0 Å². The van der Waals surface area contributed by atoms with Crippen LogP contribution in [0.5, 0.6) is 5.75 Å². The Bertz CT molecular complexity index is 1920. The standard InChI is InChI=1S/C37H36N4O7S2/c1-4-48-37(46)33-29-17-18-41(23(2)42)21-31(29)50-36(33)40-32(43)22-49-28-12-8-11-26(20-28)38-35(45)30(19-24-13-15-27(47-3)16-14-24)39-34(44)25-9-6-5-7-10-25/h5-16,19-20H,4,17-18,21-22H2,1-3H3,(H,38,45)(H,39,44)(H,40,43)/b30-19+. The Balaban J connectivity index is 1.27. The number of hydrogen-bond donors (Lipinski definition) is 3. The maximum atomic E-state index is 13.5. The van der Waals surface area contributed by atoms with Crippen molar-refractivity contribution < 1.29 is 33.4 Å². The minimum absolute atomic E-state index is 0.0254. The first kappa shape index (κ1) is 35.9. The summed E-state index contributed by atoms with van der Waals surface area (Å²) >= 11 is 2.53. The van der Waals surface area contributed by atoms with E-state index >= 15 is 0 Å². The van der Waals surface area contributed by atoms with Crippen LogP contribution in [0.15, 0.2) is 89.5 Å². The van der Waals surface area contributed by atoms with Gasteiger partial charge in [0.2, 0.25) is 11.8 Å². The summed E-state index contributed by atoms with van der Waals surface area (Å²) < 4.78 is 10.5. The highest BCUT2D eigenvalue weighted by Crippen LogP contribution is 2.38. The third-order valence-corrected chi connectivity index (χ3v) is 9.78. The van der Waals surface area contributed by atoms with Crippen molar-refractivity contribution in [3.8, 4) is 5.75 Å². The van der Waals surface area contributed by atoms with Gasteiger partial charge in [-0.05, 0) is 73.0 Å². The first-order chi connectivity index (χ1) is 24.1. The van der Waals surface area contributed by atoms with Crippen molar-refractivity contribution >= 4 is 69.5 Å². The molecule has 0 saturated heterocycles. The second-order valence-electron chi connectivity index (χ2n) is 11.1. The van der Waals surface area contributed by atoms with Gasteiger partial charge in [-0.15, -0.1) is 23.1 Å². The van der Waals surface area contributed by atoms with E-state index in [1.54, 1.807) is 97.8 Å². The van der Waals surface area contributed by atoms with Crippen molar-refractivity contribution in [2.24, 2.45) is 0 Å². The molecule has 13 heteroatoms. The van der Waals surface area contributed by atoms with Gasteiger partial charge in [-0.1, -0.05) is 36.4 Å². The summed E-state index contributed by atoms with van der Waals surface area (Å²) in [5.74, 6) is -1.19. The zero-order valence-electron chi connectivity index (χ0n) is 27.7. The van der Waals surface area contributed by atoms with Crippen molar-refractivity contribution in [2.45, 2.75) is 31.7 Å². The van der Waals surface area contributed by atoms with E-state index in [0.717, 1.165) is 10.4 Å². The topological polar surface area (TPSA) is 143 Å². The Morgan fingerprint density at radius 3 is 2.42 bits per heavy atom. The molecule has 0 aliphatic carbocycles. The molecule has 0 saturated carbocycles. The van der Waals surface area contributed by atoms with E-state index in [4.69, 9.17) is 9.47 Å². The highest BCUT2D eigenvalue weighted by Gasteiger charge is 2.30. The number of carbonyl (C=O) groups excluding carboxylic acids is 5. The second kappa shape index (κ2) is 16.8. The van der Waals surface area contributed by atoms with E-state index in [0.29, 0.717) is 57.5 Å². The lowest BCUT2D eigenvalue weighted by atomic mass is 10.0. The van der Waals surface area contributed by atoms with Gasteiger partial charge in [-0.2, -0.15) is 0 Å². The highest BCUT2D eigenvalue weighted by molar-refractivity contribution is 8.00. The first-order valence-electron chi connectivity index (χ1n) is 15.8. The molecule has 5 rings (SSSR count). The van der Waals surface area contributed by atoms with Crippen LogP contribution in [0.4, 0.5) is 10.7 Å². The number of anilines is 2. The van der Waals surface area contributed by atoms with E-state index in [1.807, 2.05) is 6.07 Å². The molecule has 0 bridgehead atoms. The minimum Gasteiger partial charge on any atom is -0.497 e. The molecule has 4 aromatic rings. The van der Waals surface area contributed by atoms with Crippen LogP contribution in [0.3, 0.4) is 0 Å². The molecular formula is C37H36N4O7S2. The van der Waals surface area contributed by atoms with Crippen LogP contribution < -0.4 is 20.7 Å². The smallest absolute Gasteiger partial charge is 0.341 e. The Kier molecular flexibility index (Phi) is 12.1. The van der Waals surface area contributed by atoms with Crippen molar-refractivity contribution in [2.75, 3.05) is 36.6 Å². The van der Waals surface area contributed by atoms with Crippen LogP contribution in [0.1, 0.15) is 50.6 Å². The number of nitrogens with zero attached hydrogens (tertiary/aromatic N) is 1. The first-order valence-corrected chi connectivity index (χ1v) is 17.6. The van der Waals surface area contributed by atoms with Crippen LogP contribution >= 0.6 is 23.1 Å². The molecule has 0 unspecified atom stereocenters. The van der Waals surface area contributed by atoms with Crippen LogP contribution in [0.25, 0.3) is 6.08 Å². The number of methoxy groups -OCH3 is 1. The molecule has 3 aromatic carbocycles. The maximum absolute atomic E-state index is 13.5. The van der Waals surface area contributed by atoms with Gasteiger partial charge in [-0.25, -0.2) is 4.79 Å². The molecule has 1 aliphatic heterocycles. The zero-order chi connectivity index (χ0) is 35.6. The van der Waals surface area contributed by atoms with Gasteiger partial charge in [-0.3, -0.25) is 19.2 Å². The predicted molar refractivity (Wildman–Crippen MR) is 194 cm³/mol. The van der Waals surface area contributed by atoms with Crippen LogP contribution in [0.2, 0.25) is 0 Å². The van der Waals surface area contributed by atoms with Crippen LogP contribution in [0, 0.1) is 0 Å². The number of benzene rings is 3. The van der Waals surface area contributed by atoms with Crippen molar-refractivity contribution in [3.05, 3.63) is 112 Å². The lowest BCUT2D eigenvalue weighted by molar-refractivity contribution is -0.129. The lowest BCUT2D eigenvalue weighted by Crippen LogP contribution is -2.34. The molecule has 4 amide bonds. The summed E-state index contributed by atoms with van der Waals surface area (Å²) in [7, 11) is 1.56. The maximum Gasteiger partial charge on any atom is 0.341 e. The summed E-state index contributed by atoms with van der Waals surface area (Å²) in [6.45, 7) is 4.28. The summed E-state index contributed by atoms with van der Waals surface area (Å²) in [6, 6.07) is 22.6. The molecule has 2 heterocycles. The van der Waals surface area contributed by atoms with E-state index in [-0.39, 0.29) is 29.9 Å². The SMILES string of the molecule is CCOC(=O)c1c(NC(=O)CSc2cccc(NC(=O)/C(=C\c3ccc(OC)cc3)NC(=O)c3ccccc3)c2)sc2c1CCN(C(C)=O)C2. The quantitative estimate of drug-likeness (QED) is 0.0926. The number of esters is 1. The highest BCUT2D eigenvalue weighted by atomic mass is 32.2.